The van der Waals surface area contributed by atoms with Crippen molar-refractivity contribution in [2.45, 2.75) is 25.8 Å². The number of hydrogen-bond acceptors (Lipinski definition) is 4. The lowest BCUT2D eigenvalue weighted by molar-refractivity contribution is -0.121. The highest BCUT2D eigenvalue weighted by molar-refractivity contribution is 5.88. The van der Waals surface area contributed by atoms with Crippen molar-refractivity contribution in [3.8, 4) is 5.75 Å². The van der Waals surface area contributed by atoms with Gasteiger partial charge < -0.3 is 10.4 Å². The van der Waals surface area contributed by atoms with Crippen molar-refractivity contribution in [1.29, 1.82) is 0 Å². The summed E-state index contributed by atoms with van der Waals surface area (Å²) in [5, 5.41) is 17.3. The van der Waals surface area contributed by atoms with E-state index in [9.17, 15) is 9.90 Å². The summed E-state index contributed by atoms with van der Waals surface area (Å²) in [5.74, 6) is -0.0841. The molecule has 0 fully saturated rings. The maximum absolute atomic E-state index is 12.3. The molecule has 2 aromatic rings. The van der Waals surface area contributed by atoms with E-state index in [1.54, 1.807) is 12.1 Å². The first kappa shape index (κ1) is 18.3. The van der Waals surface area contributed by atoms with Gasteiger partial charge in [-0.3, -0.25) is 4.79 Å². The van der Waals surface area contributed by atoms with Gasteiger partial charge in [-0.15, -0.1) is 6.58 Å². The molecule has 0 radical (unpaired) electrons. The molecule has 2 rings (SSSR count). The van der Waals surface area contributed by atoms with Gasteiger partial charge in [-0.1, -0.05) is 43.3 Å². The average molecular weight is 337 g/mol. The molecule has 25 heavy (non-hydrogen) atoms. The minimum absolute atomic E-state index is 0.148. The van der Waals surface area contributed by atoms with Crippen molar-refractivity contribution in [3.63, 3.8) is 0 Å². The van der Waals surface area contributed by atoms with E-state index in [0.29, 0.717) is 18.4 Å². The van der Waals surface area contributed by atoms with E-state index in [0.717, 1.165) is 11.3 Å². The fourth-order valence-electron chi connectivity index (χ4n) is 2.37. The number of nitrogens with zero attached hydrogens (tertiary/aromatic N) is 1. The maximum atomic E-state index is 12.3. The zero-order valence-corrected chi connectivity index (χ0v) is 14.3. The van der Waals surface area contributed by atoms with Crippen molar-refractivity contribution in [3.05, 3.63) is 72.3 Å². The van der Waals surface area contributed by atoms with E-state index < -0.39 is 0 Å². The summed E-state index contributed by atoms with van der Waals surface area (Å²) in [6.07, 6.45) is 4.35. The summed E-state index contributed by atoms with van der Waals surface area (Å²) >= 11 is 0. The van der Waals surface area contributed by atoms with Gasteiger partial charge in [0.05, 0.1) is 6.21 Å². The first-order valence-electron chi connectivity index (χ1n) is 8.22. The zero-order chi connectivity index (χ0) is 18.1. The normalized spacial score (nSPS) is 11.9. The molecule has 0 aromatic heterocycles. The highest BCUT2D eigenvalue weighted by Gasteiger charge is 2.15. The molecular weight excluding hydrogens is 314 g/mol. The Morgan fingerprint density at radius 2 is 2.00 bits per heavy atom. The third kappa shape index (κ3) is 5.21. The number of carbonyl (C=O) groups is 1. The molecule has 3 N–H and O–H groups in total. The van der Waals surface area contributed by atoms with Crippen LogP contribution in [0.1, 0.15) is 24.5 Å². The predicted molar refractivity (Wildman–Crippen MR) is 102 cm³/mol. The Kier molecular flexibility index (Phi) is 6.77. The lowest BCUT2D eigenvalue weighted by Crippen LogP contribution is -2.36. The molecule has 0 aliphatic heterocycles. The lowest BCUT2D eigenvalue weighted by Gasteiger charge is -2.16. The highest BCUT2D eigenvalue weighted by atomic mass is 16.3. The van der Waals surface area contributed by atoms with E-state index in [2.05, 4.69) is 22.4 Å². The summed E-state index contributed by atoms with van der Waals surface area (Å²) in [6, 6.07) is 14.5. The van der Waals surface area contributed by atoms with E-state index in [-0.39, 0.29) is 17.7 Å². The topological polar surface area (TPSA) is 73.7 Å². The van der Waals surface area contributed by atoms with Gasteiger partial charge in [-0.05, 0) is 36.6 Å². The van der Waals surface area contributed by atoms with Crippen LogP contribution in [-0.2, 0) is 11.2 Å². The molecule has 0 bridgehead atoms. The zero-order valence-electron chi connectivity index (χ0n) is 14.3. The predicted octanol–water partition coefficient (Wildman–Crippen LogP) is 3.46. The standard InChI is InChI=1S/C20H23N3O2/c1-3-9-15-10-8-11-16(19(15)24)14-21-23-20(25)18(4-2)22-17-12-6-5-7-13-17/h3,5-8,10-14,18,22,24H,1,4,9H2,2H3,(H,23,25)/b21-14-/t18-/m1/s1. The van der Waals surface area contributed by atoms with Gasteiger partial charge in [0, 0.05) is 11.3 Å². The van der Waals surface area contributed by atoms with Crippen LogP contribution in [-0.4, -0.2) is 23.3 Å². The minimum atomic E-state index is -0.389. The van der Waals surface area contributed by atoms with Gasteiger partial charge in [0.2, 0.25) is 0 Å². The number of anilines is 1. The number of nitrogens with one attached hydrogen (secondary N) is 2. The summed E-state index contributed by atoms with van der Waals surface area (Å²) in [7, 11) is 0. The van der Waals surface area contributed by atoms with Crippen LogP contribution < -0.4 is 10.7 Å². The van der Waals surface area contributed by atoms with Crippen molar-refractivity contribution >= 4 is 17.8 Å². The molecule has 0 saturated heterocycles. The number of phenols is 1. The molecule has 5 heteroatoms. The Labute approximate surface area is 148 Å². The number of hydrazone groups is 1. The molecule has 0 aliphatic carbocycles. The molecule has 0 saturated carbocycles. The minimum Gasteiger partial charge on any atom is -0.507 e. The summed E-state index contributed by atoms with van der Waals surface area (Å²) in [5.41, 5.74) is 4.71. The second-order valence-electron chi connectivity index (χ2n) is 5.55. The third-order valence-electron chi connectivity index (χ3n) is 3.73. The van der Waals surface area contributed by atoms with Gasteiger partial charge >= 0.3 is 0 Å². The highest BCUT2D eigenvalue weighted by Crippen LogP contribution is 2.21. The smallest absolute Gasteiger partial charge is 0.262 e. The third-order valence-corrected chi connectivity index (χ3v) is 3.73. The molecule has 1 amide bonds. The largest absolute Gasteiger partial charge is 0.507 e. The first-order valence-corrected chi connectivity index (χ1v) is 8.22. The Balaban J connectivity index is 1.99. The molecule has 0 spiro atoms. The number of hydrogen-bond donors (Lipinski definition) is 3. The van der Waals surface area contributed by atoms with Crippen molar-refractivity contribution < 1.29 is 9.90 Å². The second-order valence-corrected chi connectivity index (χ2v) is 5.55. The Morgan fingerprint density at radius 3 is 2.68 bits per heavy atom. The number of amides is 1. The molecule has 130 valence electrons. The van der Waals surface area contributed by atoms with E-state index >= 15 is 0 Å². The monoisotopic (exact) mass is 337 g/mol. The number of carbonyl (C=O) groups excluding carboxylic acids is 1. The number of para-hydroxylation sites is 2. The summed E-state index contributed by atoms with van der Waals surface area (Å²) < 4.78 is 0. The van der Waals surface area contributed by atoms with E-state index in [1.807, 2.05) is 49.4 Å². The van der Waals surface area contributed by atoms with Gasteiger partial charge in [0.15, 0.2) is 0 Å². The van der Waals surface area contributed by atoms with Crippen LogP contribution in [0.15, 0.2) is 66.3 Å². The molecule has 0 unspecified atom stereocenters. The Morgan fingerprint density at radius 1 is 1.24 bits per heavy atom. The molecule has 5 nitrogen and oxygen atoms in total. The maximum Gasteiger partial charge on any atom is 0.262 e. The second kappa shape index (κ2) is 9.27. The van der Waals surface area contributed by atoms with Gasteiger partial charge in [-0.25, -0.2) is 5.43 Å². The first-order chi connectivity index (χ1) is 12.2. The molecule has 2 aromatic carbocycles. The molecule has 1 atom stereocenters. The van der Waals surface area contributed by atoms with Crippen LogP contribution in [0.25, 0.3) is 0 Å². The van der Waals surface area contributed by atoms with E-state index in [1.165, 1.54) is 6.21 Å². The number of phenolic OH excluding ortho intramolecular Hbond substituents is 1. The van der Waals surface area contributed by atoms with Crippen molar-refractivity contribution in [1.82, 2.24) is 5.43 Å². The number of allylic oxidation sites excluding steroid dienone is 1. The van der Waals surface area contributed by atoms with Crippen LogP contribution >= 0.6 is 0 Å². The molecule has 0 heterocycles. The number of benzene rings is 2. The number of rotatable bonds is 8. The Bertz CT molecular complexity index is 742. The summed E-state index contributed by atoms with van der Waals surface area (Å²) in [6.45, 7) is 5.59. The quantitative estimate of drug-likeness (QED) is 0.392. The van der Waals surface area contributed by atoms with Crippen LogP contribution in [0.2, 0.25) is 0 Å². The van der Waals surface area contributed by atoms with Gasteiger partial charge in [0.25, 0.3) is 5.91 Å². The lowest BCUT2D eigenvalue weighted by atomic mass is 10.1. The van der Waals surface area contributed by atoms with Crippen LogP contribution in [0.5, 0.6) is 5.75 Å². The van der Waals surface area contributed by atoms with Gasteiger partial charge in [0.1, 0.15) is 11.8 Å². The van der Waals surface area contributed by atoms with Crippen molar-refractivity contribution in [2.75, 3.05) is 5.32 Å². The van der Waals surface area contributed by atoms with E-state index in [4.69, 9.17) is 0 Å². The molecular formula is C20H23N3O2. The fourth-order valence-corrected chi connectivity index (χ4v) is 2.37. The Hall–Kier alpha value is -3.08. The van der Waals surface area contributed by atoms with Crippen molar-refractivity contribution in [2.24, 2.45) is 5.10 Å². The molecule has 0 aliphatic rings. The summed E-state index contributed by atoms with van der Waals surface area (Å²) in [4.78, 5) is 12.3. The van der Waals surface area contributed by atoms with Crippen LogP contribution in [0, 0.1) is 0 Å². The van der Waals surface area contributed by atoms with Gasteiger partial charge in [-0.2, -0.15) is 5.10 Å². The average Bonchev–Trinajstić information content (AvgIpc) is 2.63. The fraction of sp³-hybridized carbons (Fsp3) is 0.200. The SMILES string of the molecule is C=CCc1cccc(/C=N\NC(=O)[C@@H](CC)Nc2ccccc2)c1O. The number of aromatic hydroxyl groups is 1. The van der Waals surface area contributed by atoms with Crippen LogP contribution in [0.4, 0.5) is 5.69 Å². The van der Waals surface area contributed by atoms with Crippen LogP contribution in [0.3, 0.4) is 0 Å².